The predicted octanol–water partition coefficient (Wildman–Crippen LogP) is 0.642. The van der Waals surface area contributed by atoms with E-state index in [0.29, 0.717) is 12.4 Å². The zero-order valence-electron chi connectivity index (χ0n) is 9.90. The van der Waals surface area contributed by atoms with Crippen LogP contribution in [0.2, 0.25) is 0 Å². The van der Waals surface area contributed by atoms with E-state index in [1.54, 1.807) is 13.2 Å². The van der Waals surface area contributed by atoms with Crippen molar-refractivity contribution in [3.05, 3.63) is 22.5 Å². The van der Waals surface area contributed by atoms with Crippen LogP contribution in [0.1, 0.15) is 19.8 Å². The van der Waals surface area contributed by atoms with E-state index in [2.05, 4.69) is 17.3 Å². The van der Waals surface area contributed by atoms with Gasteiger partial charge in [0, 0.05) is 18.7 Å². The van der Waals surface area contributed by atoms with E-state index >= 15 is 0 Å². The molecular formula is C11H19N3O2. The molecule has 0 aliphatic rings. The van der Waals surface area contributed by atoms with Crippen LogP contribution >= 0.6 is 0 Å². The zero-order chi connectivity index (χ0) is 11.8. The highest BCUT2D eigenvalue weighted by atomic mass is 16.5. The molecule has 5 heteroatoms. The molecular weight excluding hydrogens is 206 g/mol. The molecule has 0 unspecified atom stereocenters. The van der Waals surface area contributed by atoms with Gasteiger partial charge in [-0.3, -0.25) is 4.79 Å². The molecule has 0 saturated carbocycles. The van der Waals surface area contributed by atoms with Crippen LogP contribution in [0.4, 0.5) is 0 Å². The summed E-state index contributed by atoms with van der Waals surface area (Å²) in [6, 6.07) is 3.06. The summed E-state index contributed by atoms with van der Waals surface area (Å²) in [5.74, 6) is 0.478. The fourth-order valence-electron chi connectivity index (χ4n) is 1.39. The second-order valence-corrected chi connectivity index (χ2v) is 3.50. The highest BCUT2D eigenvalue weighted by molar-refractivity contribution is 5.05. The van der Waals surface area contributed by atoms with Crippen molar-refractivity contribution >= 4 is 0 Å². The summed E-state index contributed by atoms with van der Waals surface area (Å²) < 4.78 is 6.42. The maximum atomic E-state index is 11.4. The molecule has 1 aromatic heterocycles. The second-order valence-electron chi connectivity index (χ2n) is 3.50. The molecule has 0 radical (unpaired) electrons. The number of aromatic nitrogens is 2. The first kappa shape index (κ1) is 12.7. The summed E-state index contributed by atoms with van der Waals surface area (Å²) >= 11 is 0. The summed E-state index contributed by atoms with van der Waals surface area (Å²) in [5, 5.41) is 7.31. The highest BCUT2D eigenvalue weighted by Gasteiger charge is 1.99. The summed E-state index contributed by atoms with van der Waals surface area (Å²) in [6.07, 6.45) is 1.98. The number of methoxy groups -OCH3 is 1. The molecule has 16 heavy (non-hydrogen) atoms. The lowest BCUT2D eigenvalue weighted by Gasteiger charge is -2.06. The molecule has 0 aliphatic carbocycles. The van der Waals surface area contributed by atoms with Crippen LogP contribution in [0.5, 0.6) is 5.88 Å². The maximum absolute atomic E-state index is 11.4. The molecule has 0 saturated heterocycles. The smallest absolute Gasteiger partial charge is 0.266 e. The van der Waals surface area contributed by atoms with E-state index in [1.165, 1.54) is 10.7 Å². The lowest BCUT2D eigenvalue weighted by Crippen LogP contribution is -2.23. The van der Waals surface area contributed by atoms with Gasteiger partial charge in [0.05, 0.1) is 7.11 Å². The van der Waals surface area contributed by atoms with E-state index in [4.69, 9.17) is 4.74 Å². The Labute approximate surface area is 95.4 Å². The zero-order valence-corrected chi connectivity index (χ0v) is 9.90. The van der Waals surface area contributed by atoms with Crippen molar-refractivity contribution in [3.8, 4) is 5.88 Å². The lowest BCUT2D eigenvalue weighted by atomic mass is 10.3. The number of unbranched alkanes of at least 4 members (excludes halogenated alkanes) is 1. The van der Waals surface area contributed by atoms with E-state index in [-0.39, 0.29) is 5.56 Å². The number of hydrogen-bond donors (Lipinski definition) is 1. The maximum Gasteiger partial charge on any atom is 0.266 e. The quantitative estimate of drug-likeness (QED) is 0.692. The van der Waals surface area contributed by atoms with Gasteiger partial charge in [0.2, 0.25) is 5.88 Å². The summed E-state index contributed by atoms with van der Waals surface area (Å²) in [5.41, 5.74) is -0.0794. The highest BCUT2D eigenvalue weighted by Crippen LogP contribution is 2.00. The summed E-state index contributed by atoms with van der Waals surface area (Å²) in [4.78, 5) is 11.4. The molecule has 90 valence electrons. The fraction of sp³-hybridized carbons (Fsp3) is 0.636. The van der Waals surface area contributed by atoms with Crippen molar-refractivity contribution in [3.63, 3.8) is 0 Å². The standard InChI is InChI=1S/C11H19N3O2/c1-3-12-8-4-5-9-14-11(15)7-6-10(13-14)16-2/h6-7,12H,3-5,8-9H2,1-2H3. The number of aryl methyl sites for hydroxylation is 1. The third-order valence-corrected chi connectivity index (χ3v) is 2.27. The number of hydrogen-bond acceptors (Lipinski definition) is 4. The molecule has 1 N–H and O–H groups in total. The predicted molar refractivity (Wildman–Crippen MR) is 62.8 cm³/mol. The molecule has 0 spiro atoms. The van der Waals surface area contributed by atoms with Gasteiger partial charge in [-0.15, -0.1) is 5.10 Å². The Kier molecular flexibility index (Phi) is 5.56. The van der Waals surface area contributed by atoms with Gasteiger partial charge in [-0.1, -0.05) is 6.92 Å². The number of rotatable bonds is 7. The third kappa shape index (κ3) is 4.02. The summed E-state index contributed by atoms with van der Waals surface area (Å²) in [6.45, 7) is 4.68. The first-order valence-electron chi connectivity index (χ1n) is 5.60. The fourth-order valence-corrected chi connectivity index (χ4v) is 1.39. The van der Waals surface area contributed by atoms with Gasteiger partial charge in [-0.25, -0.2) is 4.68 Å². The Morgan fingerprint density at radius 1 is 1.44 bits per heavy atom. The van der Waals surface area contributed by atoms with Crippen LogP contribution < -0.4 is 15.6 Å². The molecule has 1 aromatic rings. The van der Waals surface area contributed by atoms with Gasteiger partial charge in [-0.05, 0) is 25.9 Å². The van der Waals surface area contributed by atoms with E-state index in [0.717, 1.165) is 25.9 Å². The van der Waals surface area contributed by atoms with Crippen LogP contribution in [-0.2, 0) is 6.54 Å². The van der Waals surface area contributed by atoms with Crippen LogP contribution in [0.25, 0.3) is 0 Å². The SMILES string of the molecule is CCNCCCCn1nc(OC)ccc1=O. The minimum absolute atomic E-state index is 0.0794. The molecule has 5 nitrogen and oxygen atoms in total. The Hall–Kier alpha value is -1.36. The normalized spacial score (nSPS) is 10.4. The van der Waals surface area contributed by atoms with Crippen LogP contribution in [0, 0.1) is 0 Å². The van der Waals surface area contributed by atoms with Gasteiger partial charge in [0.25, 0.3) is 5.56 Å². The lowest BCUT2D eigenvalue weighted by molar-refractivity contribution is 0.373. The molecule has 0 aliphatic heterocycles. The van der Waals surface area contributed by atoms with Crippen molar-refractivity contribution in [2.45, 2.75) is 26.3 Å². The molecule has 1 heterocycles. The largest absolute Gasteiger partial charge is 0.480 e. The molecule has 0 atom stereocenters. The van der Waals surface area contributed by atoms with Crippen molar-refractivity contribution in [1.29, 1.82) is 0 Å². The van der Waals surface area contributed by atoms with Crippen LogP contribution in [-0.4, -0.2) is 30.0 Å². The first-order chi connectivity index (χ1) is 7.77. The second kappa shape index (κ2) is 7.00. The number of nitrogens with zero attached hydrogens (tertiary/aromatic N) is 2. The van der Waals surface area contributed by atoms with Gasteiger partial charge in [0.15, 0.2) is 0 Å². The van der Waals surface area contributed by atoms with Gasteiger partial charge in [0.1, 0.15) is 0 Å². The molecule has 0 aromatic carbocycles. The molecule has 0 fully saturated rings. The Balaban J connectivity index is 2.43. The third-order valence-electron chi connectivity index (χ3n) is 2.27. The van der Waals surface area contributed by atoms with Gasteiger partial charge < -0.3 is 10.1 Å². The first-order valence-corrected chi connectivity index (χ1v) is 5.60. The Morgan fingerprint density at radius 3 is 2.94 bits per heavy atom. The minimum atomic E-state index is -0.0794. The molecule has 0 amide bonds. The minimum Gasteiger partial charge on any atom is -0.480 e. The van der Waals surface area contributed by atoms with Crippen molar-refractivity contribution in [2.24, 2.45) is 0 Å². The number of nitrogens with one attached hydrogen (secondary N) is 1. The average molecular weight is 225 g/mol. The van der Waals surface area contributed by atoms with Gasteiger partial charge in [-0.2, -0.15) is 0 Å². The van der Waals surface area contributed by atoms with E-state index in [1.807, 2.05) is 0 Å². The van der Waals surface area contributed by atoms with Crippen LogP contribution in [0.3, 0.4) is 0 Å². The van der Waals surface area contributed by atoms with Crippen LogP contribution in [0.15, 0.2) is 16.9 Å². The summed E-state index contributed by atoms with van der Waals surface area (Å²) in [7, 11) is 1.54. The topological polar surface area (TPSA) is 56.1 Å². The average Bonchev–Trinajstić information content (AvgIpc) is 2.31. The Morgan fingerprint density at radius 2 is 2.25 bits per heavy atom. The van der Waals surface area contributed by atoms with Gasteiger partial charge >= 0.3 is 0 Å². The van der Waals surface area contributed by atoms with Crippen molar-refractivity contribution in [2.75, 3.05) is 20.2 Å². The molecule has 0 bridgehead atoms. The van der Waals surface area contributed by atoms with E-state index in [9.17, 15) is 4.79 Å². The Bertz CT molecular complexity index is 362. The van der Waals surface area contributed by atoms with Crippen molar-refractivity contribution < 1.29 is 4.74 Å². The molecule has 1 rings (SSSR count). The monoisotopic (exact) mass is 225 g/mol. The van der Waals surface area contributed by atoms with Crippen molar-refractivity contribution in [1.82, 2.24) is 15.1 Å². The van der Waals surface area contributed by atoms with E-state index < -0.39 is 0 Å². The number of ether oxygens (including phenoxy) is 1.